The predicted octanol–water partition coefficient (Wildman–Crippen LogP) is -0.155. The maximum Gasteiger partial charge on any atom is 0.146 e. The summed E-state index contributed by atoms with van der Waals surface area (Å²) in [6, 6.07) is 0. The van der Waals surface area contributed by atoms with E-state index in [1.54, 1.807) is 0 Å². The van der Waals surface area contributed by atoms with Crippen molar-refractivity contribution in [3.05, 3.63) is 0 Å². The second-order valence-corrected chi connectivity index (χ2v) is 3.03. The highest BCUT2D eigenvalue weighted by molar-refractivity contribution is 4.96. The topological polar surface area (TPSA) is 38.7 Å². The van der Waals surface area contributed by atoms with Gasteiger partial charge in [0.25, 0.3) is 0 Å². The van der Waals surface area contributed by atoms with Crippen LogP contribution in [0.25, 0.3) is 0 Å². The molecule has 3 nitrogen and oxygen atoms in total. The molecule has 0 radical (unpaired) electrons. The molecule has 0 bridgehead atoms. The Morgan fingerprint density at radius 2 is 1.80 bits per heavy atom. The average Bonchev–Trinajstić information content (AvgIpc) is 2.59. The van der Waals surface area contributed by atoms with Crippen LogP contribution in [0.3, 0.4) is 0 Å². The molecule has 1 aliphatic carbocycles. The summed E-state index contributed by atoms with van der Waals surface area (Å²) >= 11 is 0. The van der Waals surface area contributed by atoms with E-state index in [9.17, 15) is 0 Å². The summed E-state index contributed by atoms with van der Waals surface area (Å²) in [6.45, 7) is 2.28. The van der Waals surface area contributed by atoms with Gasteiger partial charge in [-0.15, -0.1) is 0 Å². The van der Waals surface area contributed by atoms with Crippen LogP contribution in [0.1, 0.15) is 0 Å². The van der Waals surface area contributed by atoms with Gasteiger partial charge in [0.1, 0.15) is 6.79 Å². The molecule has 0 amide bonds. The minimum absolute atomic E-state index is 0.294. The van der Waals surface area contributed by atoms with E-state index in [2.05, 4.69) is 0 Å². The van der Waals surface area contributed by atoms with Crippen LogP contribution in [0.2, 0.25) is 0 Å². The van der Waals surface area contributed by atoms with Crippen molar-refractivity contribution < 1.29 is 14.6 Å². The molecule has 0 aromatic heterocycles. The molecule has 58 valence electrons. The fourth-order valence-corrected chi connectivity index (χ4v) is 1.72. The summed E-state index contributed by atoms with van der Waals surface area (Å²) in [5, 5.41) is 8.82. The summed E-state index contributed by atoms with van der Waals surface area (Å²) in [5.74, 6) is 1.61. The Bertz CT molecular complexity index is 114. The molecule has 10 heavy (non-hydrogen) atoms. The fraction of sp³-hybridized carbons (Fsp3) is 1.00. The third-order valence-corrected chi connectivity index (χ3v) is 2.51. The number of aliphatic hydroxyl groups excluding tert-OH is 1. The lowest BCUT2D eigenvalue weighted by atomic mass is 10.3. The van der Waals surface area contributed by atoms with Gasteiger partial charge in [0, 0.05) is 6.61 Å². The zero-order chi connectivity index (χ0) is 6.97. The second kappa shape index (κ2) is 2.49. The standard InChI is InChI=1S/C7H12O3/c8-1-5-6-2-9-4-10-3-7(5)6/h5-8H,1-4H2. The quantitative estimate of drug-likeness (QED) is 0.556. The molecule has 1 N–H and O–H groups in total. The maximum absolute atomic E-state index is 8.82. The van der Waals surface area contributed by atoms with Gasteiger partial charge in [-0.25, -0.2) is 0 Å². The molecule has 1 heterocycles. The first-order valence-electron chi connectivity index (χ1n) is 3.70. The molecular weight excluding hydrogens is 132 g/mol. The van der Waals surface area contributed by atoms with E-state index in [1.807, 2.05) is 0 Å². The van der Waals surface area contributed by atoms with Gasteiger partial charge < -0.3 is 14.6 Å². The first kappa shape index (κ1) is 6.58. The van der Waals surface area contributed by atoms with Crippen LogP contribution in [0.4, 0.5) is 0 Å². The van der Waals surface area contributed by atoms with Gasteiger partial charge in [0.2, 0.25) is 0 Å². The summed E-state index contributed by atoms with van der Waals surface area (Å²) in [6.07, 6.45) is 0. The van der Waals surface area contributed by atoms with Crippen LogP contribution < -0.4 is 0 Å². The number of rotatable bonds is 1. The van der Waals surface area contributed by atoms with E-state index in [0.29, 0.717) is 31.2 Å². The van der Waals surface area contributed by atoms with Crippen LogP contribution >= 0.6 is 0 Å². The minimum atomic E-state index is 0.294. The van der Waals surface area contributed by atoms with Crippen molar-refractivity contribution in [3.63, 3.8) is 0 Å². The SMILES string of the molecule is OCC1C2COCOCC12. The van der Waals surface area contributed by atoms with Crippen LogP contribution in [0.5, 0.6) is 0 Å². The first-order chi connectivity index (χ1) is 4.93. The van der Waals surface area contributed by atoms with Crippen molar-refractivity contribution >= 4 is 0 Å². The molecule has 2 rings (SSSR count). The van der Waals surface area contributed by atoms with Gasteiger partial charge in [-0.3, -0.25) is 0 Å². The van der Waals surface area contributed by atoms with Crippen molar-refractivity contribution in [1.82, 2.24) is 0 Å². The smallest absolute Gasteiger partial charge is 0.146 e. The summed E-state index contributed by atoms with van der Waals surface area (Å²) in [5.41, 5.74) is 0. The molecule has 2 atom stereocenters. The van der Waals surface area contributed by atoms with Crippen LogP contribution in [0, 0.1) is 17.8 Å². The third kappa shape index (κ3) is 0.944. The van der Waals surface area contributed by atoms with E-state index in [0.717, 1.165) is 13.2 Å². The zero-order valence-electron chi connectivity index (χ0n) is 5.82. The lowest BCUT2D eigenvalue weighted by molar-refractivity contribution is -0.0472. The Morgan fingerprint density at radius 3 is 2.30 bits per heavy atom. The third-order valence-electron chi connectivity index (χ3n) is 2.51. The summed E-state index contributed by atoms with van der Waals surface area (Å²) < 4.78 is 10.3. The van der Waals surface area contributed by atoms with Gasteiger partial charge in [-0.05, 0) is 17.8 Å². The highest BCUT2D eigenvalue weighted by atomic mass is 16.7. The first-order valence-corrected chi connectivity index (χ1v) is 3.70. The van der Waals surface area contributed by atoms with Crippen LogP contribution in [-0.2, 0) is 9.47 Å². The van der Waals surface area contributed by atoms with Gasteiger partial charge in [-0.2, -0.15) is 0 Å². The van der Waals surface area contributed by atoms with Crippen molar-refractivity contribution in [2.75, 3.05) is 26.6 Å². The van der Waals surface area contributed by atoms with Gasteiger partial charge in [0.05, 0.1) is 13.2 Å². The number of aliphatic hydroxyl groups is 1. The van der Waals surface area contributed by atoms with Crippen LogP contribution in [0.15, 0.2) is 0 Å². The van der Waals surface area contributed by atoms with Crippen molar-refractivity contribution in [2.24, 2.45) is 17.8 Å². The second-order valence-electron chi connectivity index (χ2n) is 3.03. The number of fused-ring (bicyclic) bond motifs is 1. The highest BCUT2D eigenvalue weighted by Crippen LogP contribution is 2.47. The van der Waals surface area contributed by atoms with Crippen molar-refractivity contribution in [2.45, 2.75) is 0 Å². The molecule has 1 aliphatic heterocycles. The van der Waals surface area contributed by atoms with Gasteiger partial charge in [0.15, 0.2) is 0 Å². The summed E-state index contributed by atoms with van der Waals surface area (Å²) in [7, 11) is 0. The predicted molar refractivity (Wildman–Crippen MR) is 34.3 cm³/mol. The fourth-order valence-electron chi connectivity index (χ4n) is 1.72. The van der Waals surface area contributed by atoms with E-state index in [4.69, 9.17) is 14.6 Å². The van der Waals surface area contributed by atoms with E-state index < -0.39 is 0 Å². The van der Waals surface area contributed by atoms with Crippen molar-refractivity contribution in [3.8, 4) is 0 Å². The minimum Gasteiger partial charge on any atom is -0.396 e. The van der Waals surface area contributed by atoms with Gasteiger partial charge in [-0.1, -0.05) is 0 Å². The van der Waals surface area contributed by atoms with Gasteiger partial charge >= 0.3 is 0 Å². The molecule has 1 saturated carbocycles. The molecule has 2 aliphatic rings. The average molecular weight is 144 g/mol. The molecule has 1 saturated heterocycles. The number of hydrogen-bond acceptors (Lipinski definition) is 3. The van der Waals surface area contributed by atoms with Crippen LogP contribution in [-0.4, -0.2) is 31.7 Å². The number of ether oxygens (including phenoxy) is 2. The molecule has 0 aromatic carbocycles. The maximum atomic E-state index is 8.82. The normalized spacial score (nSPS) is 45.9. The van der Waals surface area contributed by atoms with E-state index in [-0.39, 0.29) is 0 Å². The lowest BCUT2D eigenvalue weighted by Crippen LogP contribution is -2.04. The highest BCUT2D eigenvalue weighted by Gasteiger charge is 2.50. The Kier molecular flexibility index (Phi) is 1.64. The van der Waals surface area contributed by atoms with Crippen molar-refractivity contribution in [1.29, 1.82) is 0 Å². The molecule has 0 spiro atoms. The summed E-state index contributed by atoms with van der Waals surface area (Å²) in [4.78, 5) is 0. The number of hydrogen-bond donors (Lipinski definition) is 1. The zero-order valence-corrected chi connectivity index (χ0v) is 5.82. The molecular formula is C7H12O3. The molecule has 2 fully saturated rings. The lowest BCUT2D eigenvalue weighted by Gasteiger charge is -2.01. The monoisotopic (exact) mass is 144 g/mol. The Hall–Kier alpha value is -0.120. The Morgan fingerprint density at radius 1 is 1.20 bits per heavy atom. The largest absolute Gasteiger partial charge is 0.396 e. The molecule has 3 heteroatoms. The molecule has 2 unspecified atom stereocenters. The Balaban J connectivity index is 1.89. The van der Waals surface area contributed by atoms with E-state index in [1.165, 1.54) is 0 Å². The van der Waals surface area contributed by atoms with E-state index >= 15 is 0 Å². The Labute approximate surface area is 59.9 Å². The molecule has 0 aromatic rings.